The molecule has 116 valence electrons. The SMILES string of the molecule is CCOC(=O)CN(CC)CC(=O)N1C(C)CCCC1C. The number of carbonyl (C=O) groups excluding carboxylic acids is 2. The summed E-state index contributed by atoms with van der Waals surface area (Å²) < 4.78 is 4.94. The van der Waals surface area contributed by atoms with Crippen LogP contribution in [0.2, 0.25) is 0 Å². The van der Waals surface area contributed by atoms with Gasteiger partial charge in [0, 0.05) is 12.1 Å². The lowest BCUT2D eigenvalue weighted by Crippen LogP contribution is -2.51. The van der Waals surface area contributed by atoms with E-state index in [9.17, 15) is 9.59 Å². The summed E-state index contributed by atoms with van der Waals surface area (Å²) in [6.07, 6.45) is 3.33. The second-order valence-electron chi connectivity index (χ2n) is 5.54. The number of hydrogen-bond acceptors (Lipinski definition) is 4. The van der Waals surface area contributed by atoms with Gasteiger partial charge in [-0.25, -0.2) is 0 Å². The van der Waals surface area contributed by atoms with Crippen molar-refractivity contribution in [2.45, 2.75) is 59.0 Å². The second kappa shape index (κ2) is 8.25. The van der Waals surface area contributed by atoms with Crippen LogP contribution in [0.25, 0.3) is 0 Å². The molecule has 0 saturated carbocycles. The van der Waals surface area contributed by atoms with Crippen LogP contribution in [0.3, 0.4) is 0 Å². The zero-order valence-corrected chi connectivity index (χ0v) is 13.2. The van der Waals surface area contributed by atoms with Crippen molar-refractivity contribution in [2.75, 3.05) is 26.2 Å². The molecule has 5 nitrogen and oxygen atoms in total. The van der Waals surface area contributed by atoms with Gasteiger partial charge in [-0.3, -0.25) is 14.5 Å². The Balaban J connectivity index is 2.55. The van der Waals surface area contributed by atoms with E-state index in [1.807, 2.05) is 16.7 Å². The summed E-state index contributed by atoms with van der Waals surface area (Å²) >= 11 is 0. The van der Waals surface area contributed by atoms with Crippen molar-refractivity contribution >= 4 is 11.9 Å². The van der Waals surface area contributed by atoms with E-state index in [0.717, 1.165) is 12.8 Å². The molecule has 0 aliphatic carbocycles. The highest BCUT2D eigenvalue weighted by Gasteiger charge is 2.29. The molecule has 0 radical (unpaired) electrons. The summed E-state index contributed by atoms with van der Waals surface area (Å²) in [4.78, 5) is 27.8. The quantitative estimate of drug-likeness (QED) is 0.696. The number of hydrogen-bond donors (Lipinski definition) is 0. The number of carbonyl (C=O) groups is 2. The number of amides is 1. The van der Waals surface area contributed by atoms with E-state index in [-0.39, 0.29) is 18.4 Å². The first-order chi connectivity index (χ1) is 9.49. The minimum Gasteiger partial charge on any atom is -0.465 e. The van der Waals surface area contributed by atoms with E-state index in [1.54, 1.807) is 6.92 Å². The summed E-state index contributed by atoms with van der Waals surface area (Å²) in [6.45, 7) is 9.48. The third-order valence-electron chi connectivity index (χ3n) is 3.95. The minimum absolute atomic E-state index is 0.121. The van der Waals surface area contributed by atoms with Crippen LogP contribution in [-0.2, 0) is 14.3 Å². The van der Waals surface area contributed by atoms with Crippen LogP contribution < -0.4 is 0 Å². The van der Waals surface area contributed by atoms with Gasteiger partial charge in [-0.2, -0.15) is 0 Å². The largest absolute Gasteiger partial charge is 0.465 e. The molecule has 1 fully saturated rings. The van der Waals surface area contributed by atoms with Crippen LogP contribution in [0.1, 0.15) is 47.0 Å². The highest BCUT2D eigenvalue weighted by Crippen LogP contribution is 2.22. The number of nitrogens with zero attached hydrogens (tertiary/aromatic N) is 2. The number of rotatable bonds is 6. The Labute approximate surface area is 122 Å². The summed E-state index contributed by atoms with van der Waals surface area (Å²) in [5.74, 6) is -0.141. The van der Waals surface area contributed by atoms with E-state index in [4.69, 9.17) is 4.74 Å². The molecule has 1 rings (SSSR count). The second-order valence-corrected chi connectivity index (χ2v) is 5.54. The van der Waals surface area contributed by atoms with Gasteiger partial charge in [0.15, 0.2) is 0 Å². The first kappa shape index (κ1) is 17.0. The highest BCUT2D eigenvalue weighted by atomic mass is 16.5. The van der Waals surface area contributed by atoms with Gasteiger partial charge in [-0.05, 0) is 46.6 Å². The average molecular weight is 284 g/mol. The molecular weight excluding hydrogens is 256 g/mol. The summed E-state index contributed by atoms with van der Waals surface area (Å²) in [6, 6.07) is 0.597. The first-order valence-electron chi connectivity index (χ1n) is 7.68. The van der Waals surface area contributed by atoms with Crippen molar-refractivity contribution in [3.63, 3.8) is 0 Å². The van der Waals surface area contributed by atoms with E-state index in [2.05, 4.69) is 13.8 Å². The highest BCUT2D eigenvalue weighted by molar-refractivity contribution is 5.80. The van der Waals surface area contributed by atoms with Gasteiger partial charge in [-0.15, -0.1) is 0 Å². The van der Waals surface area contributed by atoms with Gasteiger partial charge in [0.2, 0.25) is 5.91 Å². The Morgan fingerprint density at radius 3 is 2.25 bits per heavy atom. The normalized spacial score (nSPS) is 22.9. The first-order valence-corrected chi connectivity index (χ1v) is 7.68. The van der Waals surface area contributed by atoms with Gasteiger partial charge >= 0.3 is 5.97 Å². The predicted molar refractivity (Wildman–Crippen MR) is 78.4 cm³/mol. The Kier molecular flexibility index (Phi) is 6.99. The molecule has 1 saturated heterocycles. The van der Waals surface area contributed by atoms with Crippen molar-refractivity contribution in [1.82, 2.24) is 9.80 Å². The van der Waals surface area contributed by atoms with E-state index >= 15 is 0 Å². The smallest absolute Gasteiger partial charge is 0.320 e. The fraction of sp³-hybridized carbons (Fsp3) is 0.867. The van der Waals surface area contributed by atoms with Crippen molar-refractivity contribution in [1.29, 1.82) is 0 Å². The third-order valence-corrected chi connectivity index (χ3v) is 3.95. The Morgan fingerprint density at radius 2 is 1.75 bits per heavy atom. The Morgan fingerprint density at radius 1 is 1.15 bits per heavy atom. The van der Waals surface area contributed by atoms with Crippen LogP contribution in [0.4, 0.5) is 0 Å². The van der Waals surface area contributed by atoms with Crippen molar-refractivity contribution in [3.05, 3.63) is 0 Å². The molecule has 5 heteroatoms. The average Bonchev–Trinajstić information content (AvgIpc) is 2.38. The van der Waals surface area contributed by atoms with Crippen molar-refractivity contribution in [3.8, 4) is 0 Å². The van der Waals surface area contributed by atoms with Gasteiger partial charge in [-0.1, -0.05) is 6.92 Å². The fourth-order valence-electron chi connectivity index (χ4n) is 2.85. The standard InChI is InChI=1S/C15H28N2O3/c1-5-16(11-15(19)20-6-2)10-14(18)17-12(3)8-7-9-13(17)4/h12-13H,5-11H2,1-4H3. The van der Waals surface area contributed by atoms with E-state index in [1.165, 1.54) is 6.42 Å². The lowest BCUT2D eigenvalue weighted by atomic mass is 9.97. The van der Waals surface area contributed by atoms with Crippen LogP contribution in [0.15, 0.2) is 0 Å². The maximum atomic E-state index is 12.5. The number of likely N-dealkylation sites (N-methyl/N-ethyl adjacent to an activating group) is 1. The van der Waals surface area contributed by atoms with Crippen molar-refractivity contribution < 1.29 is 14.3 Å². The molecule has 0 aromatic carbocycles. The Bertz CT molecular complexity index is 323. The van der Waals surface area contributed by atoms with E-state index < -0.39 is 0 Å². The number of piperidine rings is 1. The minimum atomic E-state index is -0.262. The summed E-state index contributed by atoms with van der Waals surface area (Å²) in [5.41, 5.74) is 0. The molecule has 0 bridgehead atoms. The van der Waals surface area contributed by atoms with Crippen LogP contribution >= 0.6 is 0 Å². The summed E-state index contributed by atoms with van der Waals surface area (Å²) in [5, 5.41) is 0. The molecule has 0 N–H and O–H groups in total. The lowest BCUT2D eigenvalue weighted by molar-refractivity contribution is -0.145. The maximum Gasteiger partial charge on any atom is 0.320 e. The number of ether oxygens (including phenoxy) is 1. The van der Waals surface area contributed by atoms with Gasteiger partial charge in [0.25, 0.3) is 0 Å². The monoisotopic (exact) mass is 284 g/mol. The van der Waals surface area contributed by atoms with Gasteiger partial charge < -0.3 is 9.64 Å². The van der Waals surface area contributed by atoms with Crippen LogP contribution in [0.5, 0.6) is 0 Å². The van der Waals surface area contributed by atoms with Crippen LogP contribution in [-0.4, -0.2) is 60.0 Å². The molecule has 20 heavy (non-hydrogen) atoms. The molecule has 1 amide bonds. The number of likely N-dealkylation sites (tertiary alicyclic amines) is 1. The van der Waals surface area contributed by atoms with Crippen LogP contribution in [0, 0.1) is 0 Å². The molecular formula is C15H28N2O3. The van der Waals surface area contributed by atoms with Gasteiger partial charge in [0.05, 0.1) is 19.7 Å². The maximum absolute atomic E-state index is 12.5. The third kappa shape index (κ3) is 4.78. The zero-order valence-electron chi connectivity index (χ0n) is 13.2. The fourth-order valence-corrected chi connectivity index (χ4v) is 2.85. The van der Waals surface area contributed by atoms with E-state index in [0.29, 0.717) is 31.8 Å². The molecule has 0 aromatic heterocycles. The molecule has 1 aliphatic heterocycles. The van der Waals surface area contributed by atoms with Crippen molar-refractivity contribution in [2.24, 2.45) is 0 Å². The summed E-state index contributed by atoms with van der Waals surface area (Å²) in [7, 11) is 0. The molecule has 0 aromatic rings. The molecule has 1 aliphatic rings. The van der Waals surface area contributed by atoms with Gasteiger partial charge in [0.1, 0.15) is 0 Å². The molecule has 2 atom stereocenters. The molecule has 2 unspecified atom stereocenters. The Hall–Kier alpha value is -1.10. The zero-order chi connectivity index (χ0) is 15.1. The topological polar surface area (TPSA) is 49.9 Å². The molecule has 0 spiro atoms. The predicted octanol–water partition coefficient (Wildman–Crippen LogP) is 1.66. The number of esters is 1. The lowest BCUT2D eigenvalue weighted by Gasteiger charge is -2.40. The molecule has 1 heterocycles.